The van der Waals surface area contributed by atoms with E-state index in [9.17, 15) is 0 Å². The third-order valence-electron chi connectivity index (χ3n) is 4.31. The topological polar surface area (TPSA) is 12.0 Å². The van der Waals surface area contributed by atoms with Crippen LogP contribution in [0.15, 0.2) is 57.5 Å². The first-order valence-electron chi connectivity index (χ1n) is 7.39. The lowest BCUT2D eigenvalue weighted by atomic mass is 9.75. The molecule has 0 amide bonds. The van der Waals surface area contributed by atoms with E-state index in [2.05, 4.69) is 92.6 Å². The van der Waals surface area contributed by atoms with Gasteiger partial charge in [0.15, 0.2) is 0 Å². The third kappa shape index (κ3) is 3.77. The summed E-state index contributed by atoms with van der Waals surface area (Å²) in [5, 5.41) is 3.74. The van der Waals surface area contributed by atoms with Crippen molar-refractivity contribution in [3.63, 3.8) is 0 Å². The highest BCUT2D eigenvalue weighted by Gasteiger charge is 2.31. The lowest BCUT2D eigenvalue weighted by molar-refractivity contribution is 0.271. The van der Waals surface area contributed by atoms with Gasteiger partial charge < -0.3 is 5.32 Å². The molecule has 0 bridgehead atoms. The van der Waals surface area contributed by atoms with Crippen molar-refractivity contribution in [2.75, 3.05) is 0 Å². The Bertz CT molecular complexity index is 603. The molecule has 1 unspecified atom stereocenters. The molecule has 0 radical (unpaired) electrons. The maximum Gasteiger partial charge on any atom is 0.0294 e. The molecule has 1 aliphatic rings. The molecule has 1 N–H and O–H groups in total. The van der Waals surface area contributed by atoms with E-state index >= 15 is 0 Å². The number of hydrogen-bond acceptors (Lipinski definition) is 1. The Hall–Kier alpha value is -0.640. The molecule has 0 heterocycles. The summed E-state index contributed by atoms with van der Waals surface area (Å²) >= 11 is 7.04. The molecular weight excluding hydrogens is 390 g/mol. The van der Waals surface area contributed by atoms with Gasteiger partial charge in [-0.05, 0) is 61.1 Å². The predicted octanol–water partition coefficient (Wildman–Crippen LogP) is 5.81. The first-order chi connectivity index (χ1) is 10.1. The SMILES string of the molecule is CC(NC1CC(c2ccc(Br)cc2)C1)c1cccc(Br)c1. The number of hydrogen-bond donors (Lipinski definition) is 1. The zero-order valence-corrected chi connectivity index (χ0v) is 15.2. The molecule has 21 heavy (non-hydrogen) atoms. The molecule has 110 valence electrons. The molecule has 2 aromatic rings. The molecule has 1 nitrogen and oxygen atoms in total. The first kappa shape index (κ1) is 15.3. The van der Waals surface area contributed by atoms with E-state index in [1.165, 1.54) is 24.0 Å². The quantitative estimate of drug-likeness (QED) is 0.673. The second-order valence-electron chi connectivity index (χ2n) is 5.86. The Morgan fingerprint density at radius 2 is 1.71 bits per heavy atom. The molecule has 1 saturated carbocycles. The van der Waals surface area contributed by atoms with Crippen molar-refractivity contribution in [2.45, 2.75) is 37.8 Å². The van der Waals surface area contributed by atoms with Crippen molar-refractivity contribution >= 4 is 31.9 Å². The van der Waals surface area contributed by atoms with Gasteiger partial charge in [0.25, 0.3) is 0 Å². The molecule has 1 fully saturated rings. The number of rotatable bonds is 4. The molecular formula is C18H19Br2N. The van der Waals surface area contributed by atoms with Crippen LogP contribution in [0.25, 0.3) is 0 Å². The number of benzene rings is 2. The predicted molar refractivity (Wildman–Crippen MR) is 95.6 cm³/mol. The maximum atomic E-state index is 3.74. The summed E-state index contributed by atoms with van der Waals surface area (Å²) in [6.45, 7) is 2.24. The molecule has 0 spiro atoms. The van der Waals surface area contributed by atoms with Crippen molar-refractivity contribution in [2.24, 2.45) is 0 Å². The van der Waals surface area contributed by atoms with E-state index in [4.69, 9.17) is 0 Å². The zero-order chi connectivity index (χ0) is 14.8. The Labute approximate surface area is 143 Å². The average molecular weight is 409 g/mol. The third-order valence-corrected chi connectivity index (χ3v) is 5.34. The summed E-state index contributed by atoms with van der Waals surface area (Å²) in [6, 6.07) is 18.3. The molecule has 1 aliphatic carbocycles. The minimum Gasteiger partial charge on any atom is -0.307 e. The molecule has 0 aromatic heterocycles. The minimum atomic E-state index is 0.401. The van der Waals surface area contributed by atoms with Gasteiger partial charge in [-0.15, -0.1) is 0 Å². The van der Waals surface area contributed by atoms with E-state index < -0.39 is 0 Å². The van der Waals surface area contributed by atoms with Crippen LogP contribution >= 0.6 is 31.9 Å². The fourth-order valence-corrected chi connectivity index (χ4v) is 3.67. The summed E-state index contributed by atoms with van der Waals surface area (Å²) in [6.07, 6.45) is 2.47. The molecule has 0 saturated heterocycles. The van der Waals surface area contributed by atoms with Crippen LogP contribution in [0.1, 0.15) is 42.9 Å². The van der Waals surface area contributed by atoms with E-state index in [-0.39, 0.29) is 0 Å². The first-order valence-corrected chi connectivity index (χ1v) is 8.97. The van der Waals surface area contributed by atoms with Gasteiger partial charge in [0.2, 0.25) is 0 Å². The minimum absolute atomic E-state index is 0.401. The van der Waals surface area contributed by atoms with E-state index in [1.807, 2.05) is 0 Å². The fourth-order valence-electron chi connectivity index (χ4n) is 2.99. The van der Waals surface area contributed by atoms with E-state index in [1.54, 1.807) is 0 Å². The summed E-state index contributed by atoms with van der Waals surface area (Å²) in [4.78, 5) is 0. The van der Waals surface area contributed by atoms with Crippen LogP contribution in [-0.4, -0.2) is 6.04 Å². The largest absolute Gasteiger partial charge is 0.307 e. The van der Waals surface area contributed by atoms with Gasteiger partial charge in [0.05, 0.1) is 0 Å². The van der Waals surface area contributed by atoms with Gasteiger partial charge in [0, 0.05) is 21.0 Å². The summed E-state index contributed by atoms with van der Waals surface area (Å²) in [5.41, 5.74) is 2.81. The maximum absolute atomic E-state index is 3.74. The number of halogens is 2. The van der Waals surface area contributed by atoms with Crippen molar-refractivity contribution in [1.82, 2.24) is 5.32 Å². The highest BCUT2D eigenvalue weighted by molar-refractivity contribution is 9.10. The van der Waals surface area contributed by atoms with Crippen molar-refractivity contribution in [3.05, 3.63) is 68.6 Å². The van der Waals surface area contributed by atoms with Gasteiger partial charge in [-0.25, -0.2) is 0 Å². The van der Waals surface area contributed by atoms with Gasteiger partial charge in [-0.3, -0.25) is 0 Å². The van der Waals surface area contributed by atoms with Crippen LogP contribution in [-0.2, 0) is 0 Å². The van der Waals surface area contributed by atoms with E-state index in [0.29, 0.717) is 18.0 Å². The molecule has 0 aliphatic heterocycles. The molecule has 1 atom stereocenters. The summed E-state index contributed by atoms with van der Waals surface area (Å²) in [5.74, 6) is 0.713. The van der Waals surface area contributed by atoms with Crippen LogP contribution in [0.2, 0.25) is 0 Å². The van der Waals surface area contributed by atoms with Crippen LogP contribution < -0.4 is 5.32 Å². The van der Waals surface area contributed by atoms with Crippen molar-refractivity contribution in [1.29, 1.82) is 0 Å². The van der Waals surface area contributed by atoms with E-state index in [0.717, 1.165) is 8.95 Å². The molecule has 2 aromatic carbocycles. The van der Waals surface area contributed by atoms with Gasteiger partial charge in [-0.1, -0.05) is 56.1 Å². The lowest BCUT2D eigenvalue weighted by Crippen LogP contribution is -2.41. The molecule has 3 rings (SSSR count). The smallest absolute Gasteiger partial charge is 0.0294 e. The normalized spacial score (nSPS) is 22.6. The molecule has 3 heteroatoms. The monoisotopic (exact) mass is 407 g/mol. The van der Waals surface area contributed by atoms with Crippen LogP contribution in [0, 0.1) is 0 Å². The highest BCUT2D eigenvalue weighted by Crippen LogP contribution is 2.38. The zero-order valence-electron chi connectivity index (χ0n) is 12.0. The van der Waals surface area contributed by atoms with Crippen LogP contribution in [0.3, 0.4) is 0 Å². The average Bonchev–Trinajstić information content (AvgIpc) is 2.43. The van der Waals surface area contributed by atoms with Crippen LogP contribution in [0.5, 0.6) is 0 Å². The van der Waals surface area contributed by atoms with Gasteiger partial charge >= 0.3 is 0 Å². The van der Waals surface area contributed by atoms with Gasteiger partial charge in [0.1, 0.15) is 0 Å². The summed E-state index contributed by atoms with van der Waals surface area (Å²) in [7, 11) is 0. The second kappa shape index (κ2) is 6.64. The lowest BCUT2D eigenvalue weighted by Gasteiger charge is -2.38. The number of nitrogens with one attached hydrogen (secondary N) is 1. The van der Waals surface area contributed by atoms with Crippen molar-refractivity contribution < 1.29 is 0 Å². The Morgan fingerprint density at radius 1 is 1.00 bits per heavy atom. The fraction of sp³-hybridized carbons (Fsp3) is 0.333. The standard InChI is InChI=1S/C18H19Br2N/c1-12(14-3-2-4-17(20)9-14)21-18-10-15(11-18)13-5-7-16(19)8-6-13/h2-9,12,15,18,21H,10-11H2,1H3. The Kier molecular flexibility index (Phi) is 4.82. The van der Waals surface area contributed by atoms with Crippen LogP contribution in [0.4, 0.5) is 0 Å². The van der Waals surface area contributed by atoms with Gasteiger partial charge in [-0.2, -0.15) is 0 Å². The summed E-state index contributed by atoms with van der Waals surface area (Å²) < 4.78 is 2.30. The highest BCUT2D eigenvalue weighted by atomic mass is 79.9. The van der Waals surface area contributed by atoms with Crippen molar-refractivity contribution in [3.8, 4) is 0 Å². The Balaban J connectivity index is 1.54. The Morgan fingerprint density at radius 3 is 2.38 bits per heavy atom. The second-order valence-corrected chi connectivity index (χ2v) is 7.69.